The Balaban J connectivity index is 1.85. The number of para-hydroxylation sites is 1. The Kier molecular flexibility index (Phi) is 6.54. The normalized spacial score (nSPS) is 11.8. The first-order valence-electron chi connectivity index (χ1n) is 9.57. The van der Waals surface area contributed by atoms with Gasteiger partial charge in [-0.1, -0.05) is 31.5 Å². The number of hydrogen-bond acceptors (Lipinski definition) is 6. The van der Waals surface area contributed by atoms with Gasteiger partial charge in [-0.15, -0.1) is 0 Å². The van der Waals surface area contributed by atoms with Crippen LogP contribution >= 0.6 is 0 Å². The lowest BCUT2D eigenvalue weighted by Crippen LogP contribution is -2.26. The minimum Gasteiger partial charge on any atom is -0.496 e. The molecule has 0 aliphatic carbocycles. The molecule has 0 spiro atoms. The maximum Gasteiger partial charge on any atom is 0.347 e. The molecule has 29 heavy (non-hydrogen) atoms. The monoisotopic (exact) mass is 396 g/mol. The van der Waals surface area contributed by atoms with Crippen LogP contribution in [-0.4, -0.2) is 25.8 Å². The van der Waals surface area contributed by atoms with E-state index in [9.17, 15) is 9.59 Å². The number of rotatable bonds is 8. The third-order valence-electron chi connectivity index (χ3n) is 4.53. The second-order valence-electron chi connectivity index (χ2n) is 6.62. The molecule has 0 amide bonds. The average Bonchev–Trinajstić information content (AvgIpc) is 2.74. The van der Waals surface area contributed by atoms with Crippen LogP contribution in [0.15, 0.2) is 57.9 Å². The molecule has 0 saturated heterocycles. The Bertz CT molecular complexity index is 1050. The van der Waals surface area contributed by atoms with Gasteiger partial charge in [-0.2, -0.15) is 0 Å². The van der Waals surface area contributed by atoms with E-state index in [2.05, 4.69) is 0 Å². The zero-order valence-corrected chi connectivity index (χ0v) is 16.8. The number of hydrogen-bond donors (Lipinski definition) is 0. The highest BCUT2D eigenvalue weighted by molar-refractivity contribution is 5.84. The predicted octanol–water partition coefficient (Wildman–Crippen LogP) is 4.58. The van der Waals surface area contributed by atoms with Crippen molar-refractivity contribution in [2.75, 3.05) is 13.7 Å². The van der Waals surface area contributed by atoms with Gasteiger partial charge in [-0.3, -0.25) is 4.79 Å². The first kappa shape index (κ1) is 20.5. The molecule has 0 aliphatic rings. The zero-order valence-electron chi connectivity index (χ0n) is 16.8. The lowest BCUT2D eigenvalue weighted by atomic mass is 10.0. The van der Waals surface area contributed by atoms with E-state index >= 15 is 0 Å². The summed E-state index contributed by atoms with van der Waals surface area (Å²) in [7, 11) is 1.56. The molecule has 0 aliphatic heterocycles. The van der Waals surface area contributed by atoms with Crippen molar-refractivity contribution in [2.24, 2.45) is 0 Å². The standard InChI is InChI=1S/C23H24O6/c1-4-5-12-27-23(25)15(2)29-16-10-11-18-21(13-16)28-14-19(22(18)24)17-8-6-7-9-20(17)26-3/h6-11,13-15H,4-5,12H2,1-3H3/t15-/m1/s1. The van der Waals surface area contributed by atoms with Crippen LogP contribution in [0.1, 0.15) is 26.7 Å². The Morgan fingerprint density at radius 3 is 2.69 bits per heavy atom. The van der Waals surface area contributed by atoms with Crippen molar-refractivity contribution in [1.29, 1.82) is 0 Å². The van der Waals surface area contributed by atoms with Crippen LogP contribution in [0.25, 0.3) is 22.1 Å². The van der Waals surface area contributed by atoms with Gasteiger partial charge >= 0.3 is 5.97 Å². The van der Waals surface area contributed by atoms with Gasteiger partial charge in [0.05, 0.1) is 24.7 Å². The first-order valence-corrected chi connectivity index (χ1v) is 9.57. The summed E-state index contributed by atoms with van der Waals surface area (Å²) in [6.45, 7) is 4.02. The molecule has 6 heteroatoms. The lowest BCUT2D eigenvalue weighted by molar-refractivity contribution is -0.151. The van der Waals surface area contributed by atoms with Crippen molar-refractivity contribution in [3.05, 3.63) is 59.0 Å². The molecule has 0 fully saturated rings. The molecule has 3 aromatic rings. The van der Waals surface area contributed by atoms with E-state index in [4.69, 9.17) is 18.6 Å². The predicted molar refractivity (Wildman–Crippen MR) is 110 cm³/mol. The summed E-state index contributed by atoms with van der Waals surface area (Å²) >= 11 is 0. The van der Waals surface area contributed by atoms with Crippen molar-refractivity contribution < 1.29 is 23.4 Å². The van der Waals surface area contributed by atoms with Crippen LogP contribution in [0.2, 0.25) is 0 Å². The van der Waals surface area contributed by atoms with Crippen molar-refractivity contribution in [2.45, 2.75) is 32.8 Å². The third-order valence-corrected chi connectivity index (χ3v) is 4.53. The van der Waals surface area contributed by atoms with Gasteiger partial charge < -0.3 is 18.6 Å². The van der Waals surface area contributed by atoms with Crippen LogP contribution in [0.3, 0.4) is 0 Å². The van der Waals surface area contributed by atoms with Crippen LogP contribution in [0.5, 0.6) is 11.5 Å². The molecule has 1 aromatic heterocycles. The number of benzene rings is 2. The van der Waals surface area contributed by atoms with Gasteiger partial charge in [0.15, 0.2) is 6.10 Å². The Morgan fingerprint density at radius 1 is 1.14 bits per heavy atom. The number of fused-ring (bicyclic) bond motifs is 1. The van der Waals surface area contributed by atoms with E-state index in [1.54, 1.807) is 44.4 Å². The van der Waals surface area contributed by atoms with E-state index in [1.807, 2.05) is 19.1 Å². The van der Waals surface area contributed by atoms with Crippen LogP contribution < -0.4 is 14.9 Å². The second kappa shape index (κ2) is 9.28. The van der Waals surface area contributed by atoms with Gasteiger partial charge in [0, 0.05) is 11.6 Å². The molecule has 0 unspecified atom stereocenters. The smallest absolute Gasteiger partial charge is 0.347 e. The fourth-order valence-electron chi connectivity index (χ4n) is 2.92. The van der Waals surface area contributed by atoms with E-state index < -0.39 is 12.1 Å². The summed E-state index contributed by atoms with van der Waals surface area (Å²) in [5.41, 5.74) is 1.28. The first-order chi connectivity index (χ1) is 14.0. The van der Waals surface area contributed by atoms with Crippen molar-refractivity contribution in [1.82, 2.24) is 0 Å². The van der Waals surface area contributed by atoms with Crippen LogP contribution in [0, 0.1) is 0 Å². The van der Waals surface area contributed by atoms with Crippen LogP contribution in [-0.2, 0) is 9.53 Å². The molecule has 0 radical (unpaired) electrons. The van der Waals surface area contributed by atoms with Crippen molar-refractivity contribution in [3.63, 3.8) is 0 Å². The maximum atomic E-state index is 13.0. The molecular weight excluding hydrogens is 372 g/mol. The van der Waals surface area contributed by atoms with Gasteiger partial charge in [-0.05, 0) is 31.5 Å². The number of carbonyl (C=O) groups excluding carboxylic acids is 1. The van der Waals surface area contributed by atoms with E-state index in [-0.39, 0.29) is 5.43 Å². The summed E-state index contributed by atoms with van der Waals surface area (Å²) in [6, 6.07) is 12.1. The Hall–Kier alpha value is -3.28. The highest BCUT2D eigenvalue weighted by Crippen LogP contribution is 2.29. The summed E-state index contributed by atoms with van der Waals surface area (Å²) in [4.78, 5) is 24.9. The minimum absolute atomic E-state index is 0.172. The van der Waals surface area contributed by atoms with Crippen molar-refractivity contribution in [3.8, 4) is 22.6 Å². The number of ether oxygens (including phenoxy) is 3. The summed E-state index contributed by atoms with van der Waals surface area (Å²) in [6.07, 6.45) is 2.41. The number of esters is 1. The maximum absolute atomic E-state index is 13.0. The fraction of sp³-hybridized carbons (Fsp3) is 0.304. The number of unbranched alkanes of at least 4 members (excludes halogenated alkanes) is 1. The van der Waals surface area contributed by atoms with E-state index in [0.717, 1.165) is 12.8 Å². The van der Waals surface area contributed by atoms with Crippen LogP contribution in [0.4, 0.5) is 0 Å². The number of carbonyl (C=O) groups is 1. The highest BCUT2D eigenvalue weighted by atomic mass is 16.6. The minimum atomic E-state index is -0.760. The molecule has 6 nitrogen and oxygen atoms in total. The fourth-order valence-corrected chi connectivity index (χ4v) is 2.92. The Labute approximate surface area is 169 Å². The summed E-state index contributed by atoms with van der Waals surface area (Å²) in [5, 5.41) is 0.416. The van der Waals surface area contributed by atoms with Crippen molar-refractivity contribution >= 4 is 16.9 Å². The molecule has 1 heterocycles. The van der Waals surface area contributed by atoms with Gasteiger partial charge in [0.25, 0.3) is 0 Å². The van der Waals surface area contributed by atoms with Gasteiger partial charge in [0.2, 0.25) is 5.43 Å². The quantitative estimate of drug-likeness (QED) is 0.410. The third kappa shape index (κ3) is 4.59. The Morgan fingerprint density at radius 2 is 1.93 bits per heavy atom. The molecule has 3 rings (SSSR count). The van der Waals surface area contributed by atoms with E-state index in [0.29, 0.717) is 40.2 Å². The van der Waals surface area contributed by atoms with Gasteiger partial charge in [-0.25, -0.2) is 4.79 Å². The highest BCUT2D eigenvalue weighted by Gasteiger charge is 2.18. The number of methoxy groups -OCH3 is 1. The second-order valence-corrected chi connectivity index (χ2v) is 6.62. The molecule has 0 bridgehead atoms. The largest absolute Gasteiger partial charge is 0.496 e. The molecule has 152 valence electrons. The average molecular weight is 396 g/mol. The van der Waals surface area contributed by atoms with E-state index in [1.165, 1.54) is 6.26 Å². The lowest BCUT2D eigenvalue weighted by Gasteiger charge is -2.14. The SMILES string of the molecule is CCCCOC(=O)[C@@H](C)Oc1ccc2c(=O)c(-c3ccccc3OC)coc2c1. The van der Waals surface area contributed by atoms with Gasteiger partial charge in [0.1, 0.15) is 23.3 Å². The summed E-state index contributed by atoms with van der Waals surface area (Å²) in [5.74, 6) is 0.590. The molecule has 0 N–H and O–H groups in total. The molecule has 0 saturated carbocycles. The molecule has 1 atom stereocenters. The summed E-state index contributed by atoms with van der Waals surface area (Å²) < 4.78 is 21.8. The molecule has 2 aromatic carbocycles. The topological polar surface area (TPSA) is 75.0 Å². The molecular formula is C23H24O6. The zero-order chi connectivity index (χ0) is 20.8.